The van der Waals surface area contributed by atoms with Crippen molar-refractivity contribution in [1.82, 2.24) is 0 Å². The standard InChI is InChI=1S/C13H12N2O5S/c1-14(10-2-6-12(16)7-3-10)21(19,20)13-8-4-11(5-9-13)15(17)18/h2-9,16H,1H3. The predicted molar refractivity (Wildman–Crippen MR) is 76.8 cm³/mol. The molecule has 0 heterocycles. The maximum atomic E-state index is 12.4. The Kier molecular flexibility index (Phi) is 3.81. The number of rotatable bonds is 4. The average Bonchev–Trinajstić information content (AvgIpc) is 2.47. The van der Waals surface area contributed by atoms with E-state index in [1.165, 1.54) is 43.4 Å². The van der Waals surface area contributed by atoms with Crippen molar-refractivity contribution < 1.29 is 18.4 Å². The number of benzene rings is 2. The van der Waals surface area contributed by atoms with Crippen molar-refractivity contribution in [2.75, 3.05) is 11.4 Å². The number of aromatic hydroxyl groups is 1. The zero-order chi connectivity index (χ0) is 15.6. The highest BCUT2D eigenvalue weighted by molar-refractivity contribution is 7.92. The zero-order valence-electron chi connectivity index (χ0n) is 11.0. The van der Waals surface area contributed by atoms with Crippen molar-refractivity contribution in [3.8, 4) is 5.75 Å². The molecule has 0 saturated carbocycles. The molecular formula is C13H12N2O5S. The molecule has 0 aliphatic carbocycles. The summed E-state index contributed by atoms with van der Waals surface area (Å²) < 4.78 is 25.8. The van der Waals surface area contributed by atoms with Gasteiger partial charge in [-0.15, -0.1) is 0 Å². The fourth-order valence-corrected chi connectivity index (χ4v) is 2.89. The van der Waals surface area contributed by atoms with Gasteiger partial charge in [-0.2, -0.15) is 0 Å². The minimum Gasteiger partial charge on any atom is -0.508 e. The molecule has 1 N–H and O–H groups in total. The summed E-state index contributed by atoms with van der Waals surface area (Å²) in [6.07, 6.45) is 0. The van der Waals surface area contributed by atoms with E-state index in [4.69, 9.17) is 0 Å². The van der Waals surface area contributed by atoms with Gasteiger partial charge >= 0.3 is 0 Å². The second-order valence-electron chi connectivity index (χ2n) is 4.24. The first-order valence-electron chi connectivity index (χ1n) is 5.85. The van der Waals surface area contributed by atoms with Crippen LogP contribution in [0.5, 0.6) is 5.75 Å². The lowest BCUT2D eigenvalue weighted by molar-refractivity contribution is -0.384. The van der Waals surface area contributed by atoms with Gasteiger partial charge in [0.25, 0.3) is 15.7 Å². The molecule has 0 atom stereocenters. The highest BCUT2D eigenvalue weighted by Gasteiger charge is 2.22. The summed E-state index contributed by atoms with van der Waals surface area (Å²) in [6, 6.07) is 10.3. The largest absolute Gasteiger partial charge is 0.508 e. The molecule has 0 unspecified atom stereocenters. The van der Waals surface area contributed by atoms with Crippen molar-refractivity contribution in [2.24, 2.45) is 0 Å². The number of phenols is 1. The molecular weight excluding hydrogens is 296 g/mol. The minimum absolute atomic E-state index is 0.0277. The molecule has 2 aromatic rings. The number of nitro benzene ring substituents is 1. The van der Waals surface area contributed by atoms with Gasteiger partial charge in [-0.05, 0) is 36.4 Å². The number of non-ortho nitro benzene ring substituents is 1. The molecule has 21 heavy (non-hydrogen) atoms. The van der Waals surface area contributed by atoms with Crippen LogP contribution in [0.1, 0.15) is 0 Å². The molecule has 0 aromatic heterocycles. The molecule has 2 rings (SSSR count). The molecule has 0 aliphatic rings. The van der Waals surface area contributed by atoms with Gasteiger partial charge in [0.1, 0.15) is 5.75 Å². The van der Waals surface area contributed by atoms with E-state index >= 15 is 0 Å². The first kappa shape index (κ1) is 14.8. The van der Waals surface area contributed by atoms with E-state index in [1.807, 2.05) is 0 Å². The molecule has 0 spiro atoms. The molecule has 0 bridgehead atoms. The van der Waals surface area contributed by atoms with E-state index in [1.54, 1.807) is 0 Å². The van der Waals surface area contributed by atoms with E-state index in [9.17, 15) is 23.6 Å². The highest BCUT2D eigenvalue weighted by Crippen LogP contribution is 2.24. The molecule has 0 saturated heterocycles. The Morgan fingerprint density at radius 1 is 1.05 bits per heavy atom. The normalized spacial score (nSPS) is 11.1. The van der Waals surface area contributed by atoms with Crippen molar-refractivity contribution >= 4 is 21.4 Å². The van der Waals surface area contributed by atoms with Gasteiger partial charge in [-0.1, -0.05) is 0 Å². The van der Waals surface area contributed by atoms with Gasteiger partial charge in [-0.25, -0.2) is 8.42 Å². The Morgan fingerprint density at radius 2 is 1.57 bits per heavy atom. The summed E-state index contributed by atoms with van der Waals surface area (Å²) in [5.74, 6) is 0.0277. The Bertz CT molecular complexity index is 754. The number of hydrogen-bond donors (Lipinski definition) is 1. The van der Waals surface area contributed by atoms with Crippen LogP contribution in [0.3, 0.4) is 0 Å². The fraction of sp³-hybridized carbons (Fsp3) is 0.0769. The van der Waals surface area contributed by atoms with E-state index in [0.29, 0.717) is 5.69 Å². The summed E-state index contributed by atoms with van der Waals surface area (Å²) in [5.41, 5.74) is 0.187. The number of nitro groups is 1. The first-order valence-corrected chi connectivity index (χ1v) is 7.29. The van der Waals surface area contributed by atoms with Gasteiger partial charge in [0.05, 0.1) is 15.5 Å². The lowest BCUT2D eigenvalue weighted by Crippen LogP contribution is -2.26. The Hall–Kier alpha value is -2.61. The molecule has 110 valence electrons. The van der Waals surface area contributed by atoms with Crippen LogP contribution in [0.15, 0.2) is 53.4 Å². The Balaban J connectivity index is 2.36. The predicted octanol–water partition coefficient (Wildman–Crippen LogP) is 2.13. The average molecular weight is 308 g/mol. The van der Waals surface area contributed by atoms with Crippen LogP contribution >= 0.6 is 0 Å². The van der Waals surface area contributed by atoms with Gasteiger partial charge in [0.2, 0.25) is 0 Å². The number of nitrogens with zero attached hydrogens (tertiary/aromatic N) is 2. The quantitative estimate of drug-likeness (QED) is 0.688. The molecule has 7 nitrogen and oxygen atoms in total. The van der Waals surface area contributed by atoms with Crippen LogP contribution in [0, 0.1) is 10.1 Å². The summed E-state index contributed by atoms with van der Waals surface area (Å²) in [4.78, 5) is 9.92. The molecule has 2 aromatic carbocycles. The number of sulfonamides is 1. The summed E-state index contributed by atoms with van der Waals surface area (Å²) >= 11 is 0. The number of anilines is 1. The summed E-state index contributed by atoms with van der Waals surface area (Å²) in [6.45, 7) is 0. The minimum atomic E-state index is -3.82. The lowest BCUT2D eigenvalue weighted by Gasteiger charge is -2.19. The van der Waals surface area contributed by atoms with Crippen molar-refractivity contribution in [1.29, 1.82) is 0 Å². The van der Waals surface area contributed by atoms with E-state index in [-0.39, 0.29) is 16.3 Å². The van der Waals surface area contributed by atoms with E-state index < -0.39 is 14.9 Å². The smallest absolute Gasteiger partial charge is 0.269 e. The molecule has 0 amide bonds. The maximum Gasteiger partial charge on any atom is 0.269 e. The lowest BCUT2D eigenvalue weighted by atomic mass is 10.3. The second kappa shape index (κ2) is 5.41. The molecule has 0 radical (unpaired) electrons. The van der Waals surface area contributed by atoms with Crippen LogP contribution in [-0.2, 0) is 10.0 Å². The molecule has 8 heteroatoms. The summed E-state index contributed by atoms with van der Waals surface area (Å²) in [5, 5.41) is 19.8. The van der Waals surface area contributed by atoms with Gasteiger partial charge in [0, 0.05) is 19.2 Å². The van der Waals surface area contributed by atoms with Gasteiger partial charge in [0.15, 0.2) is 0 Å². The highest BCUT2D eigenvalue weighted by atomic mass is 32.2. The zero-order valence-corrected chi connectivity index (χ0v) is 11.8. The SMILES string of the molecule is CN(c1ccc(O)cc1)S(=O)(=O)c1ccc([N+](=O)[O-])cc1. The van der Waals surface area contributed by atoms with Crippen LogP contribution in [0.25, 0.3) is 0 Å². The Morgan fingerprint density at radius 3 is 2.05 bits per heavy atom. The number of phenolic OH excluding ortho intramolecular Hbond substituents is 1. The van der Waals surface area contributed by atoms with Crippen LogP contribution < -0.4 is 4.31 Å². The van der Waals surface area contributed by atoms with Crippen molar-refractivity contribution in [3.05, 3.63) is 58.6 Å². The third-order valence-corrected chi connectivity index (χ3v) is 4.72. The van der Waals surface area contributed by atoms with Crippen molar-refractivity contribution in [3.63, 3.8) is 0 Å². The monoisotopic (exact) mass is 308 g/mol. The van der Waals surface area contributed by atoms with Gasteiger partial charge < -0.3 is 5.11 Å². The molecule has 0 fully saturated rings. The first-order chi connectivity index (χ1) is 9.82. The van der Waals surface area contributed by atoms with E-state index in [0.717, 1.165) is 16.4 Å². The van der Waals surface area contributed by atoms with Crippen LogP contribution in [-0.4, -0.2) is 25.5 Å². The second-order valence-corrected chi connectivity index (χ2v) is 6.21. The third-order valence-electron chi connectivity index (χ3n) is 2.92. The van der Waals surface area contributed by atoms with Gasteiger partial charge in [-0.3, -0.25) is 14.4 Å². The van der Waals surface area contributed by atoms with Crippen LogP contribution in [0.2, 0.25) is 0 Å². The van der Waals surface area contributed by atoms with Crippen molar-refractivity contribution in [2.45, 2.75) is 4.90 Å². The summed E-state index contributed by atoms with van der Waals surface area (Å²) in [7, 11) is -2.45. The topological polar surface area (TPSA) is 101 Å². The maximum absolute atomic E-state index is 12.4. The molecule has 0 aliphatic heterocycles. The fourth-order valence-electron chi connectivity index (χ4n) is 1.70. The number of hydrogen-bond acceptors (Lipinski definition) is 5. The third kappa shape index (κ3) is 2.95. The van der Waals surface area contributed by atoms with E-state index in [2.05, 4.69) is 0 Å². The van der Waals surface area contributed by atoms with Crippen LogP contribution in [0.4, 0.5) is 11.4 Å². The Labute approximate surface area is 121 Å².